The molecule has 0 bridgehead atoms. The molecule has 202 valence electrons. The molecule has 2 heterocycles. The van der Waals surface area contributed by atoms with Crippen molar-refractivity contribution in [3.63, 3.8) is 0 Å². The van der Waals surface area contributed by atoms with Gasteiger partial charge < -0.3 is 15.5 Å². The maximum atomic E-state index is 15.7. The van der Waals surface area contributed by atoms with Gasteiger partial charge in [-0.05, 0) is 74.2 Å². The number of likely N-dealkylation sites (tertiary alicyclic amines) is 1. The molecule has 0 unspecified atom stereocenters. The number of carbonyl (C=O) groups excluding carboxylic acids is 2. The van der Waals surface area contributed by atoms with Gasteiger partial charge in [0.05, 0.1) is 17.2 Å². The van der Waals surface area contributed by atoms with E-state index in [0.717, 1.165) is 11.1 Å². The number of pyridine rings is 1. The zero-order valence-corrected chi connectivity index (χ0v) is 22.8. The summed E-state index contributed by atoms with van der Waals surface area (Å²) in [6, 6.07) is 16.0. The fourth-order valence-corrected chi connectivity index (χ4v) is 4.88. The van der Waals surface area contributed by atoms with Crippen LogP contribution in [0.2, 0.25) is 0 Å². The summed E-state index contributed by atoms with van der Waals surface area (Å²) in [5.74, 6) is 0.202. The molecule has 39 heavy (non-hydrogen) atoms. The fourth-order valence-electron chi connectivity index (χ4n) is 4.88. The molecule has 1 aliphatic rings. The number of carbonyl (C=O) groups is 2. The Bertz CT molecular complexity index is 1390. The number of amides is 2. The van der Waals surface area contributed by atoms with Crippen LogP contribution in [0.3, 0.4) is 0 Å². The standard InChI is InChI=1S/C31H34FN5O2/c1-5-23-16-21(4)26(17-27(23)36-29(38)24-8-11-28(34-19-24)35-20(2)3)30(39)37-14-12-31(32,13-15-37)25-9-6-22(18-33)7-10-25/h6-11,16-17,19-20H,5,12-15H2,1-4H3,(H,34,35)(H,36,38). The largest absolute Gasteiger partial charge is 0.368 e. The molecule has 2 aromatic carbocycles. The van der Waals surface area contributed by atoms with Crippen LogP contribution in [0.5, 0.6) is 0 Å². The van der Waals surface area contributed by atoms with Crippen LogP contribution >= 0.6 is 0 Å². The third-order valence-corrected chi connectivity index (χ3v) is 7.15. The highest BCUT2D eigenvalue weighted by Gasteiger charge is 2.38. The first-order valence-corrected chi connectivity index (χ1v) is 13.3. The summed E-state index contributed by atoms with van der Waals surface area (Å²) in [6.45, 7) is 8.44. The van der Waals surface area contributed by atoms with Gasteiger partial charge in [-0.25, -0.2) is 9.37 Å². The first-order valence-electron chi connectivity index (χ1n) is 13.3. The fraction of sp³-hybridized carbons (Fsp3) is 0.355. The van der Waals surface area contributed by atoms with E-state index in [1.165, 1.54) is 6.20 Å². The average Bonchev–Trinajstić information content (AvgIpc) is 2.94. The summed E-state index contributed by atoms with van der Waals surface area (Å²) in [5.41, 5.74) is 2.69. The number of rotatable bonds is 7. The van der Waals surface area contributed by atoms with Gasteiger partial charge in [0.15, 0.2) is 0 Å². The zero-order valence-electron chi connectivity index (χ0n) is 22.8. The zero-order chi connectivity index (χ0) is 28.2. The highest BCUT2D eigenvalue weighted by molar-refractivity contribution is 6.05. The maximum absolute atomic E-state index is 15.7. The number of anilines is 2. The van der Waals surface area contributed by atoms with E-state index in [9.17, 15) is 9.59 Å². The molecular formula is C31H34FN5O2. The first kappa shape index (κ1) is 27.8. The Morgan fingerprint density at radius 2 is 1.82 bits per heavy atom. The van der Waals surface area contributed by atoms with Crippen LogP contribution in [0.25, 0.3) is 0 Å². The molecular weight excluding hydrogens is 493 g/mol. The number of aryl methyl sites for hydroxylation is 2. The first-order chi connectivity index (χ1) is 18.6. The molecule has 0 saturated carbocycles. The Morgan fingerprint density at radius 3 is 2.38 bits per heavy atom. The van der Waals surface area contributed by atoms with Gasteiger partial charge >= 0.3 is 0 Å². The predicted octanol–water partition coefficient (Wildman–Crippen LogP) is 6.00. The minimum absolute atomic E-state index is 0.176. The van der Waals surface area contributed by atoms with Gasteiger partial charge in [0.2, 0.25) is 0 Å². The average molecular weight is 528 g/mol. The van der Waals surface area contributed by atoms with Crippen LogP contribution < -0.4 is 10.6 Å². The Balaban J connectivity index is 1.49. The topological polar surface area (TPSA) is 98.1 Å². The molecule has 3 aromatic rings. The summed E-state index contributed by atoms with van der Waals surface area (Å²) in [6.07, 6.45) is 2.56. The van der Waals surface area contributed by atoms with Crippen molar-refractivity contribution in [2.24, 2.45) is 0 Å². The molecule has 7 nitrogen and oxygen atoms in total. The van der Waals surface area contributed by atoms with Gasteiger partial charge in [0.25, 0.3) is 11.8 Å². The number of hydrogen-bond acceptors (Lipinski definition) is 5. The van der Waals surface area contributed by atoms with Crippen LogP contribution in [-0.4, -0.2) is 40.8 Å². The molecule has 0 atom stereocenters. The van der Waals surface area contributed by atoms with Crippen LogP contribution in [0, 0.1) is 18.3 Å². The summed E-state index contributed by atoms with van der Waals surface area (Å²) < 4.78 is 15.7. The number of benzene rings is 2. The number of nitrogens with zero attached hydrogens (tertiary/aromatic N) is 3. The van der Waals surface area contributed by atoms with Crippen molar-refractivity contribution >= 4 is 23.3 Å². The molecule has 1 saturated heterocycles. The van der Waals surface area contributed by atoms with Crippen molar-refractivity contribution in [2.45, 2.75) is 58.7 Å². The number of nitriles is 1. The quantitative estimate of drug-likeness (QED) is 0.393. The molecule has 2 N–H and O–H groups in total. The molecule has 0 spiro atoms. The van der Waals surface area contributed by atoms with E-state index in [4.69, 9.17) is 5.26 Å². The maximum Gasteiger partial charge on any atom is 0.257 e. The van der Waals surface area contributed by atoms with Crippen molar-refractivity contribution in [1.82, 2.24) is 9.88 Å². The molecule has 1 fully saturated rings. The highest BCUT2D eigenvalue weighted by Crippen LogP contribution is 2.37. The second-order valence-electron chi connectivity index (χ2n) is 10.3. The molecule has 0 aliphatic carbocycles. The van der Waals surface area contributed by atoms with Gasteiger partial charge in [-0.3, -0.25) is 9.59 Å². The lowest BCUT2D eigenvalue weighted by Crippen LogP contribution is -2.43. The monoisotopic (exact) mass is 527 g/mol. The van der Waals surface area contributed by atoms with E-state index >= 15 is 4.39 Å². The third-order valence-electron chi connectivity index (χ3n) is 7.15. The highest BCUT2D eigenvalue weighted by atomic mass is 19.1. The number of hydrogen-bond donors (Lipinski definition) is 2. The smallest absolute Gasteiger partial charge is 0.257 e. The van der Waals surface area contributed by atoms with E-state index in [1.54, 1.807) is 47.4 Å². The minimum Gasteiger partial charge on any atom is -0.368 e. The number of aromatic nitrogens is 1. The summed E-state index contributed by atoms with van der Waals surface area (Å²) >= 11 is 0. The third kappa shape index (κ3) is 6.26. The molecule has 2 amide bonds. The Kier molecular flexibility index (Phi) is 8.29. The predicted molar refractivity (Wildman–Crippen MR) is 151 cm³/mol. The summed E-state index contributed by atoms with van der Waals surface area (Å²) in [7, 11) is 0. The van der Waals surface area contributed by atoms with E-state index < -0.39 is 5.67 Å². The Labute approximate surface area is 229 Å². The van der Waals surface area contributed by atoms with Gasteiger partial charge in [-0.15, -0.1) is 0 Å². The lowest BCUT2D eigenvalue weighted by molar-refractivity contribution is 0.0421. The number of halogens is 1. The number of alkyl halides is 1. The van der Waals surface area contributed by atoms with Crippen LogP contribution in [0.15, 0.2) is 54.7 Å². The summed E-state index contributed by atoms with van der Waals surface area (Å²) in [5, 5.41) is 15.2. The second-order valence-corrected chi connectivity index (χ2v) is 10.3. The van der Waals surface area contributed by atoms with Crippen molar-refractivity contribution in [3.05, 3.63) is 88.1 Å². The van der Waals surface area contributed by atoms with E-state index in [2.05, 4.69) is 15.6 Å². The number of piperidine rings is 1. The minimum atomic E-state index is -1.54. The molecule has 1 aliphatic heterocycles. The van der Waals surface area contributed by atoms with Crippen LogP contribution in [0.4, 0.5) is 15.9 Å². The second kappa shape index (κ2) is 11.6. The van der Waals surface area contributed by atoms with E-state index in [0.29, 0.717) is 40.2 Å². The van der Waals surface area contributed by atoms with Gasteiger partial charge in [-0.2, -0.15) is 5.26 Å². The molecule has 4 rings (SSSR count). The Morgan fingerprint density at radius 1 is 1.13 bits per heavy atom. The van der Waals surface area contributed by atoms with Gasteiger partial charge in [0, 0.05) is 49.4 Å². The Hall–Kier alpha value is -4.25. The number of nitrogens with one attached hydrogen (secondary N) is 2. The van der Waals surface area contributed by atoms with Gasteiger partial charge in [-0.1, -0.05) is 25.1 Å². The normalized spacial score (nSPS) is 14.5. The SMILES string of the molecule is CCc1cc(C)c(C(=O)N2CCC(F)(c3ccc(C#N)cc3)CC2)cc1NC(=O)c1ccc(NC(C)C)nc1. The van der Waals surface area contributed by atoms with E-state index in [1.807, 2.05) is 39.8 Å². The van der Waals surface area contributed by atoms with Crippen molar-refractivity contribution in [3.8, 4) is 6.07 Å². The lowest BCUT2D eigenvalue weighted by atomic mass is 9.85. The van der Waals surface area contributed by atoms with Gasteiger partial charge in [0.1, 0.15) is 11.5 Å². The van der Waals surface area contributed by atoms with Crippen molar-refractivity contribution in [1.29, 1.82) is 5.26 Å². The van der Waals surface area contributed by atoms with Crippen molar-refractivity contribution in [2.75, 3.05) is 23.7 Å². The molecule has 8 heteroatoms. The molecule has 0 radical (unpaired) electrons. The lowest BCUT2D eigenvalue weighted by Gasteiger charge is -2.37. The van der Waals surface area contributed by atoms with E-state index in [-0.39, 0.29) is 43.8 Å². The van der Waals surface area contributed by atoms with Crippen molar-refractivity contribution < 1.29 is 14.0 Å². The van der Waals surface area contributed by atoms with Crippen LogP contribution in [0.1, 0.15) is 76.6 Å². The van der Waals surface area contributed by atoms with Crippen LogP contribution in [-0.2, 0) is 12.1 Å². The summed E-state index contributed by atoms with van der Waals surface area (Å²) in [4.78, 5) is 32.5. The molecule has 1 aromatic heterocycles.